The molecule has 1 aliphatic carbocycles. The lowest BCUT2D eigenvalue weighted by atomic mass is 9.83. The molecule has 82 valence electrons. The third-order valence-electron chi connectivity index (χ3n) is 3.50. The lowest BCUT2D eigenvalue weighted by Gasteiger charge is -2.21. The Morgan fingerprint density at radius 3 is 2.56 bits per heavy atom. The van der Waals surface area contributed by atoms with Gasteiger partial charge in [-0.1, -0.05) is 55.6 Å². The van der Waals surface area contributed by atoms with E-state index in [0.29, 0.717) is 0 Å². The molecule has 1 aliphatic rings. The van der Waals surface area contributed by atoms with Crippen LogP contribution >= 0.6 is 0 Å². The summed E-state index contributed by atoms with van der Waals surface area (Å²) in [6.07, 6.45) is 8.96. The van der Waals surface area contributed by atoms with Crippen LogP contribution in [0.2, 0.25) is 0 Å². The Balaban J connectivity index is 2.04. The predicted octanol–water partition coefficient (Wildman–Crippen LogP) is 3.46. The van der Waals surface area contributed by atoms with Crippen molar-refractivity contribution in [3.8, 4) is 0 Å². The second kappa shape index (κ2) is 5.38. The molecule has 0 saturated carbocycles. The van der Waals surface area contributed by atoms with Gasteiger partial charge >= 0.3 is 0 Å². The van der Waals surface area contributed by atoms with E-state index in [0.717, 1.165) is 11.4 Å². The smallest absolute Gasteiger partial charge is 0.0966 e. The molecule has 1 atom stereocenters. The minimum atomic E-state index is 0.851. The van der Waals surface area contributed by atoms with Crippen molar-refractivity contribution in [2.75, 3.05) is 0 Å². The zero-order valence-electron chi connectivity index (χ0n) is 10.1. The summed E-state index contributed by atoms with van der Waals surface area (Å²) in [5.41, 5.74) is 3.71. The molecule has 1 aromatic carbocycles. The third kappa shape index (κ3) is 2.78. The maximum Gasteiger partial charge on any atom is 0.113 e. The van der Waals surface area contributed by atoms with Gasteiger partial charge in [-0.3, -0.25) is 0 Å². The maximum atomic E-state index is 5.70. The predicted molar refractivity (Wildman–Crippen MR) is 72.1 cm³/mol. The standard InChI is InChI=1S/C15H19B/c1-2-3-12-4-6-13(7-5-12)14-8-10-15(16)11-9-14/h6,8-12H,2-5,7H2,1H3. The Hall–Kier alpha value is -0.975. The second-order valence-electron chi connectivity index (χ2n) is 4.78. The first kappa shape index (κ1) is 11.5. The molecule has 1 aromatic rings. The van der Waals surface area contributed by atoms with E-state index in [1.165, 1.54) is 43.2 Å². The third-order valence-corrected chi connectivity index (χ3v) is 3.50. The van der Waals surface area contributed by atoms with Gasteiger partial charge in [-0.05, 0) is 36.3 Å². The minimum Gasteiger partial charge on any atom is -0.0966 e. The van der Waals surface area contributed by atoms with Gasteiger partial charge in [0.1, 0.15) is 7.85 Å². The minimum absolute atomic E-state index is 0.851. The van der Waals surface area contributed by atoms with Gasteiger partial charge in [-0.15, -0.1) is 0 Å². The fourth-order valence-electron chi connectivity index (χ4n) is 2.52. The molecule has 1 heteroatoms. The van der Waals surface area contributed by atoms with Crippen LogP contribution in [0.15, 0.2) is 30.3 Å². The van der Waals surface area contributed by atoms with E-state index in [-0.39, 0.29) is 0 Å². The fourth-order valence-corrected chi connectivity index (χ4v) is 2.52. The lowest BCUT2D eigenvalue weighted by Crippen LogP contribution is -2.06. The molecule has 1 unspecified atom stereocenters. The fraction of sp³-hybridized carbons (Fsp3) is 0.467. The van der Waals surface area contributed by atoms with Gasteiger partial charge in [0.25, 0.3) is 0 Å². The van der Waals surface area contributed by atoms with Crippen LogP contribution in [0, 0.1) is 5.92 Å². The first-order valence-corrected chi connectivity index (χ1v) is 6.34. The van der Waals surface area contributed by atoms with Crippen LogP contribution in [0.4, 0.5) is 0 Å². The van der Waals surface area contributed by atoms with Gasteiger partial charge in [-0.2, -0.15) is 0 Å². The quantitative estimate of drug-likeness (QED) is 0.670. The Labute approximate surface area is 100 Å². The Kier molecular flexibility index (Phi) is 3.87. The Morgan fingerprint density at radius 1 is 1.25 bits per heavy atom. The first-order valence-electron chi connectivity index (χ1n) is 6.34. The molecular weight excluding hydrogens is 191 g/mol. The summed E-state index contributed by atoms with van der Waals surface area (Å²) >= 11 is 0. The monoisotopic (exact) mass is 210 g/mol. The van der Waals surface area contributed by atoms with E-state index in [1.54, 1.807) is 0 Å². The van der Waals surface area contributed by atoms with E-state index >= 15 is 0 Å². The van der Waals surface area contributed by atoms with E-state index < -0.39 is 0 Å². The van der Waals surface area contributed by atoms with Crippen molar-refractivity contribution in [3.63, 3.8) is 0 Å². The molecule has 0 heterocycles. The Bertz CT molecular complexity index is 362. The van der Waals surface area contributed by atoms with Gasteiger partial charge < -0.3 is 0 Å². The van der Waals surface area contributed by atoms with Crippen LogP contribution in [-0.2, 0) is 0 Å². The molecule has 2 radical (unpaired) electrons. The van der Waals surface area contributed by atoms with Crippen LogP contribution in [0.1, 0.15) is 44.6 Å². The first-order chi connectivity index (χ1) is 7.79. The van der Waals surface area contributed by atoms with E-state index in [2.05, 4.69) is 25.1 Å². The molecule has 0 nitrogen and oxygen atoms in total. The van der Waals surface area contributed by atoms with Gasteiger partial charge in [0.15, 0.2) is 0 Å². The van der Waals surface area contributed by atoms with Crippen molar-refractivity contribution >= 4 is 18.9 Å². The highest BCUT2D eigenvalue weighted by molar-refractivity contribution is 6.32. The van der Waals surface area contributed by atoms with Crippen LogP contribution in [0.25, 0.3) is 5.57 Å². The van der Waals surface area contributed by atoms with Gasteiger partial charge in [0.2, 0.25) is 0 Å². The van der Waals surface area contributed by atoms with Crippen molar-refractivity contribution in [3.05, 3.63) is 35.9 Å². The zero-order valence-corrected chi connectivity index (χ0v) is 10.1. The molecular formula is C15H19B. The SMILES string of the molecule is [B]c1ccc(C2=CCC(CCC)CC2)cc1. The Morgan fingerprint density at radius 2 is 2.00 bits per heavy atom. The number of hydrogen-bond acceptors (Lipinski definition) is 0. The van der Waals surface area contributed by atoms with Crippen LogP contribution in [0.5, 0.6) is 0 Å². The average Bonchev–Trinajstić information content (AvgIpc) is 2.32. The zero-order chi connectivity index (χ0) is 11.4. The molecule has 0 saturated heterocycles. The van der Waals surface area contributed by atoms with E-state index in [4.69, 9.17) is 7.85 Å². The molecule has 0 bridgehead atoms. The van der Waals surface area contributed by atoms with E-state index in [9.17, 15) is 0 Å². The summed E-state index contributed by atoms with van der Waals surface area (Å²) in [6.45, 7) is 2.28. The highest BCUT2D eigenvalue weighted by Crippen LogP contribution is 2.31. The van der Waals surface area contributed by atoms with Crippen molar-refractivity contribution in [1.29, 1.82) is 0 Å². The summed E-state index contributed by atoms with van der Waals surface area (Å²) in [6, 6.07) is 8.27. The summed E-state index contributed by atoms with van der Waals surface area (Å²) in [4.78, 5) is 0. The number of hydrogen-bond donors (Lipinski definition) is 0. The van der Waals surface area contributed by atoms with Crippen LogP contribution < -0.4 is 5.46 Å². The van der Waals surface area contributed by atoms with Gasteiger partial charge in [0.05, 0.1) is 0 Å². The highest BCUT2D eigenvalue weighted by Gasteiger charge is 2.14. The molecule has 0 N–H and O–H groups in total. The molecule has 0 amide bonds. The van der Waals surface area contributed by atoms with Crippen molar-refractivity contribution in [2.24, 2.45) is 5.92 Å². The molecule has 0 spiro atoms. The lowest BCUT2D eigenvalue weighted by molar-refractivity contribution is 0.445. The van der Waals surface area contributed by atoms with Crippen LogP contribution in [-0.4, -0.2) is 7.85 Å². The largest absolute Gasteiger partial charge is 0.113 e. The van der Waals surface area contributed by atoms with E-state index in [1.807, 2.05) is 12.1 Å². The molecule has 0 aliphatic heterocycles. The maximum absolute atomic E-state index is 5.70. The second-order valence-corrected chi connectivity index (χ2v) is 4.78. The van der Waals surface area contributed by atoms with Crippen LogP contribution in [0.3, 0.4) is 0 Å². The van der Waals surface area contributed by atoms with Crippen molar-refractivity contribution < 1.29 is 0 Å². The summed E-state index contributed by atoms with van der Waals surface area (Å²) < 4.78 is 0. The van der Waals surface area contributed by atoms with Gasteiger partial charge in [0, 0.05) is 0 Å². The summed E-state index contributed by atoms with van der Waals surface area (Å²) in [5.74, 6) is 0.919. The number of rotatable bonds is 3. The number of benzene rings is 1. The average molecular weight is 210 g/mol. The molecule has 0 aromatic heterocycles. The van der Waals surface area contributed by atoms with Crippen molar-refractivity contribution in [1.82, 2.24) is 0 Å². The summed E-state index contributed by atoms with van der Waals surface area (Å²) in [7, 11) is 5.70. The topological polar surface area (TPSA) is 0 Å². The molecule has 0 fully saturated rings. The number of allylic oxidation sites excluding steroid dienone is 2. The molecule has 2 rings (SSSR count). The molecule has 16 heavy (non-hydrogen) atoms. The highest BCUT2D eigenvalue weighted by atomic mass is 14.2. The normalized spacial score (nSPS) is 20.6. The summed E-state index contributed by atoms with van der Waals surface area (Å²) in [5, 5.41) is 0. The van der Waals surface area contributed by atoms with Gasteiger partial charge in [-0.25, -0.2) is 0 Å². The van der Waals surface area contributed by atoms with Crippen molar-refractivity contribution in [2.45, 2.75) is 39.0 Å².